The van der Waals surface area contributed by atoms with Crippen LogP contribution in [0.2, 0.25) is 18.1 Å². The quantitative estimate of drug-likeness (QED) is 0.129. The van der Waals surface area contributed by atoms with Gasteiger partial charge in [-0.25, -0.2) is 14.2 Å². The molecule has 8 nitrogen and oxygen atoms in total. The molecule has 1 amide bonds. The van der Waals surface area contributed by atoms with Gasteiger partial charge in [0.1, 0.15) is 16.5 Å². The number of nitrogens with zero attached hydrogens (tertiary/aromatic N) is 3. The number of methoxy groups -OCH3 is 2. The second-order valence-corrected chi connectivity index (χ2v) is 15.6. The first-order valence-corrected chi connectivity index (χ1v) is 16.4. The number of carbonyl (C=O) groups excluding carboxylic acids is 1. The lowest BCUT2D eigenvalue weighted by Gasteiger charge is -2.36. The summed E-state index contributed by atoms with van der Waals surface area (Å²) in [5.74, 6) is -0.368. The molecular weight excluding hydrogens is 537 g/mol. The summed E-state index contributed by atoms with van der Waals surface area (Å²) < 4.78 is 38.0. The van der Waals surface area contributed by atoms with Gasteiger partial charge >= 0.3 is 6.09 Å². The van der Waals surface area contributed by atoms with E-state index in [2.05, 4.69) is 48.6 Å². The number of thioether (sulfide) groups is 1. The van der Waals surface area contributed by atoms with E-state index in [1.165, 1.54) is 26.4 Å². The highest BCUT2D eigenvalue weighted by Crippen LogP contribution is 2.36. The molecule has 0 aliphatic carbocycles. The Morgan fingerprint density at radius 2 is 1.79 bits per heavy atom. The van der Waals surface area contributed by atoms with Gasteiger partial charge in [-0.15, -0.1) is 11.8 Å². The van der Waals surface area contributed by atoms with Crippen molar-refractivity contribution in [3.63, 3.8) is 0 Å². The summed E-state index contributed by atoms with van der Waals surface area (Å²) in [6, 6.07) is 11.4. The first-order valence-electron chi connectivity index (χ1n) is 12.3. The number of hydrogen-bond acceptors (Lipinski definition) is 8. The van der Waals surface area contributed by atoms with E-state index in [1.54, 1.807) is 30.5 Å². The Kier molecular flexibility index (Phi) is 11.7. The molecule has 2 aromatic carbocycles. The lowest BCUT2D eigenvalue weighted by molar-refractivity contribution is 0.183. The minimum absolute atomic E-state index is 0.0253. The molecule has 11 heteroatoms. The van der Waals surface area contributed by atoms with E-state index in [0.717, 1.165) is 11.8 Å². The zero-order valence-electron chi connectivity index (χ0n) is 23.8. The molecule has 210 valence electrons. The molecule has 0 unspecified atom stereocenters. The van der Waals surface area contributed by atoms with E-state index in [-0.39, 0.29) is 33.7 Å². The maximum Gasteiger partial charge on any atom is 0.434 e. The molecule has 0 N–H and O–H groups in total. The molecule has 0 fully saturated rings. The predicted molar refractivity (Wildman–Crippen MR) is 157 cm³/mol. The van der Waals surface area contributed by atoms with Crippen molar-refractivity contribution in [2.45, 2.75) is 45.3 Å². The molecular formula is C28H36FN3O5SSi. The van der Waals surface area contributed by atoms with E-state index in [0.29, 0.717) is 30.0 Å². The van der Waals surface area contributed by atoms with Crippen LogP contribution in [0.5, 0.6) is 11.5 Å². The Hall–Kier alpha value is -3.20. The van der Waals surface area contributed by atoms with Crippen LogP contribution in [0.4, 0.5) is 14.9 Å². The summed E-state index contributed by atoms with van der Waals surface area (Å²) in [5, 5.41) is 9.32. The molecule has 0 aromatic heterocycles. The Labute approximate surface area is 235 Å². The average molecular weight is 574 g/mol. The molecule has 0 spiro atoms. The third-order valence-electron chi connectivity index (χ3n) is 6.32. The predicted octanol–water partition coefficient (Wildman–Crippen LogP) is 7.15. The maximum absolute atomic E-state index is 15.9. The fourth-order valence-corrected chi connectivity index (χ4v) is 4.64. The number of benzene rings is 2. The zero-order valence-corrected chi connectivity index (χ0v) is 25.6. The second-order valence-electron chi connectivity index (χ2n) is 10.0. The van der Waals surface area contributed by atoms with E-state index >= 15 is 4.39 Å². The molecule has 0 saturated heterocycles. The van der Waals surface area contributed by atoms with Crippen molar-refractivity contribution in [1.82, 2.24) is 0 Å². The van der Waals surface area contributed by atoms with Crippen molar-refractivity contribution in [2.24, 2.45) is 9.98 Å². The van der Waals surface area contributed by atoms with Crippen molar-refractivity contribution >= 4 is 42.6 Å². The van der Waals surface area contributed by atoms with Crippen LogP contribution < -0.4 is 9.47 Å². The Balaban J connectivity index is 2.46. The number of nitriles is 1. The highest BCUT2D eigenvalue weighted by atomic mass is 32.2. The number of ether oxygens (including phenoxy) is 3. The molecule has 0 saturated carbocycles. The second kappa shape index (κ2) is 14.3. The largest absolute Gasteiger partial charge is 0.497 e. The van der Waals surface area contributed by atoms with Gasteiger partial charge in [-0.05, 0) is 54.7 Å². The van der Waals surface area contributed by atoms with Gasteiger partial charge in [0.2, 0.25) is 0 Å². The fraction of sp³-hybridized carbons (Fsp3) is 0.429. The van der Waals surface area contributed by atoms with Crippen LogP contribution in [-0.4, -0.2) is 58.9 Å². The van der Waals surface area contributed by atoms with Gasteiger partial charge in [-0.2, -0.15) is 10.3 Å². The molecule has 2 aromatic rings. The molecule has 0 heterocycles. The normalized spacial score (nSPS) is 12.6. The van der Waals surface area contributed by atoms with Crippen LogP contribution in [0.15, 0.2) is 46.4 Å². The molecule has 39 heavy (non-hydrogen) atoms. The molecule has 2 rings (SSSR count). The smallest absolute Gasteiger partial charge is 0.434 e. The zero-order chi connectivity index (χ0) is 29.2. The molecule has 0 bridgehead atoms. The van der Waals surface area contributed by atoms with E-state index in [9.17, 15) is 4.79 Å². The lowest BCUT2D eigenvalue weighted by Crippen LogP contribution is -2.41. The van der Waals surface area contributed by atoms with Crippen LogP contribution in [0.1, 0.15) is 38.3 Å². The van der Waals surface area contributed by atoms with Crippen LogP contribution in [-0.2, 0) is 9.16 Å². The number of hydrogen-bond donors (Lipinski definition) is 0. The molecule has 0 atom stereocenters. The number of carbonyl (C=O) groups is 1. The number of aliphatic imine (C=N–C) groups is 2. The van der Waals surface area contributed by atoms with E-state index < -0.39 is 20.2 Å². The van der Waals surface area contributed by atoms with E-state index in [1.807, 2.05) is 6.07 Å². The van der Waals surface area contributed by atoms with Gasteiger partial charge in [0.15, 0.2) is 19.9 Å². The van der Waals surface area contributed by atoms with Crippen LogP contribution >= 0.6 is 11.8 Å². The summed E-state index contributed by atoms with van der Waals surface area (Å²) in [7, 11) is 0.767. The first-order chi connectivity index (χ1) is 18.4. The minimum Gasteiger partial charge on any atom is -0.497 e. The summed E-state index contributed by atoms with van der Waals surface area (Å²) in [5.41, 5.74) is 0.996. The summed E-state index contributed by atoms with van der Waals surface area (Å²) in [6.07, 6.45) is 1.41. The Morgan fingerprint density at radius 1 is 1.13 bits per heavy atom. The minimum atomic E-state index is -1.90. The van der Waals surface area contributed by atoms with Gasteiger partial charge in [0, 0.05) is 24.7 Å². The Morgan fingerprint density at radius 3 is 2.33 bits per heavy atom. The summed E-state index contributed by atoms with van der Waals surface area (Å²) in [6.45, 7) is 11.6. The van der Waals surface area contributed by atoms with Crippen LogP contribution in [0.3, 0.4) is 0 Å². The molecule has 0 aliphatic heterocycles. The third-order valence-corrected chi connectivity index (χ3v) is 11.5. The number of amides is 1. The number of halogens is 1. The number of rotatable bonds is 10. The standard InChI is InChI=1S/C28H36FN3O5SSi/c1-28(2,3)39(7,8)37-15-9-14-36-23-17-21(34-4)16-22(24(23)29)25(26(38-6)32-27(33)35-5)31-20-12-10-19(18-30)11-13-20/h10-13,16-17H,9,14-15H2,1-8H3/b31-25-,32-26-. The SMILES string of the molecule is COC(=O)/N=C(SC)/C(=N\c1ccc(C#N)cc1)c1cc(OC)cc(OCCCO[Si](C)(C)C(C)(C)C)c1F. The van der Waals surface area contributed by atoms with Crippen molar-refractivity contribution in [2.75, 3.05) is 33.7 Å². The highest BCUT2D eigenvalue weighted by molar-refractivity contribution is 8.15. The van der Waals surface area contributed by atoms with Crippen molar-refractivity contribution in [3.05, 3.63) is 53.3 Å². The summed E-state index contributed by atoms with van der Waals surface area (Å²) in [4.78, 5) is 20.5. The first kappa shape index (κ1) is 32.0. The van der Waals surface area contributed by atoms with Crippen LogP contribution in [0.25, 0.3) is 0 Å². The van der Waals surface area contributed by atoms with Crippen molar-refractivity contribution < 1.29 is 27.8 Å². The monoisotopic (exact) mass is 573 g/mol. The summed E-state index contributed by atoms with van der Waals surface area (Å²) >= 11 is 1.11. The lowest BCUT2D eigenvalue weighted by atomic mass is 10.1. The highest BCUT2D eigenvalue weighted by Gasteiger charge is 2.36. The van der Waals surface area contributed by atoms with E-state index in [4.69, 9.17) is 19.2 Å². The molecule has 0 aliphatic rings. The topological polar surface area (TPSA) is 103 Å². The Bertz CT molecular complexity index is 1250. The van der Waals surface area contributed by atoms with Crippen molar-refractivity contribution in [3.8, 4) is 17.6 Å². The molecule has 0 radical (unpaired) electrons. The van der Waals surface area contributed by atoms with Crippen LogP contribution in [0, 0.1) is 17.1 Å². The van der Waals surface area contributed by atoms with Crippen molar-refractivity contribution in [1.29, 1.82) is 5.26 Å². The van der Waals surface area contributed by atoms with Gasteiger partial charge in [-0.3, -0.25) is 0 Å². The average Bonchev–Trinajstić information content (AvgIpc) is 2.90. The van der Waals surface area contributed by atoms with Gasteiger partial charge in [0.05, 0.1) is 38.1 Å². The fourth-order valence-electron chi connectivity index (χ4n) is 3.04. The van der Waals surface area contributed by atoms with Gasteiger partial charge < -0.3 is 18.6 Å². The maximum atomic E-state index is 15.9. The third kappa shape index (κ3) is 8.91. The van der Waals surface area contributed by atoms with Gasteiger partial charge in [0.25, 0.3) is 0 Å². The van der Waals surface area contributed by atoms with Gasteiger partial charge in [-0.1, -0.05) is 20.8 Å².